The third-order valence-corrected chi connectivity index (χ3v) is 3.37. The molecule has 0 saturated carbocycles. The Bertz CT molecular complexity index is 641. The fraction of sp³-hybridized carbons (Fsp3) is 0.231. The summed E-state index contributed by atoms with van der Waals surface area (Å²) in [4.78, 5) is 9.98. The van der Waals surface area contributed by atoms with Gasteiger partial charge in [-0.25, -0.2) is 0 Å². The number of nitrogens with zero attached hydrogens (tertiary/aromatic N) is 4. The molecule has 0 radical (unpaired) electrons. The molecule has 0 aliphatic rings. The Morgan fingerprint density at radius 3 is 2.52 bits per heavy atom. The number of anilines is 1. The third-order valence-electron chi connectivity index (χ3n) is 2.76. The molecule has 0 atom stereocenters. The predicted molar refractivity (Wildman–Crippen MR) is 87.2 cm³/mol. The van der Waals surface area contributed by atoms with Crippen molar-refractivity contribution in [2.45, 2.75) is 19.9 Å². The van der Waals surface area contributed by atoms with E-state index in [2.05, 4.69) is 14.3 Å². The van der Waals surface area contributed by atoms with Gasteiger partial charge in [0.05, 0.1) is 6.34 Å². The Morgan fingerprint density at radius 1 is 1.33 bits per heavy atom. The highest BCUT2D eigenvalue weighted by Gasteiger charge is 2.10. The summed E-state index contributed by atoms with van der Waals surface area (Å²) in [6.07, 6.45) is 1.32. The minimum Gasteiger partial charge on any atom is -0.370 e. The normalized spacial score (nSPS) is 10.4. The number of nitrogens with one attached hydrogen (secondary N) is 1. The summed E-state index contributed by atoms with van der Waals surface area (Å²) >= 11 is 1.14. The van der Waals surface area contributed by atoms with Crippen LogP contribution >= 0.6 is 11.5 Å². The van der Waals surface area contributed by atoms with Gasteiger partial charge in [-0.05, 0) is 38.1 Å². The van der Waals surface area contributed by atoms with Crippen LogP contribution in [0.15, 0.2) is 29.3 Å². The van der Waals surface area contributed by atoms with E-state index in [9.17, 15) is 0 Å². The molecule has 1 aromatic heterocycles. The highest BCUT2D eigenvalue weighted by Crippen LogP contribution is 2.25. The second-order valence-electron chi connectivity index (χ2n) is 4.61. The van der Waals surface area contributed by atoms with Crippen molar-refractivity contribution in [1.29, 1.82) is 5.41 Å². The summed E-state index contributed by atoms with van der Waals surface area (Å²) < 4.78 is 4.22. The minimum atomic E-state index is -0.0355. The molecule has 0 fully saturated rings. The van der Waals surface area contributed by atoms with E-state index < -0.39 is 0 Å². The number of aliphatic imine (C=N–C) groups is 1. The molecule has 0 saturated heterocycles. The largest absolute Gasteiger partial charge is 0.370 e. The number of hydrogen-bond donors (Lipinski definition) is 3. The Labute approximate surface area is 127 Å². The van der Waals surface area contributed by atoms with Crippen LogP contribution in [-0.4, -0.2) is 27.7 Å². The summed E-state index contributed by atoms with van der Waals surface area (Å²) in [5.74, 6) is 0.545. The van der Waals surface area contributed by atoms with Crippen LogP contribution < -0.4 is 16.4 Å². The highest BCUT2D eigenvalue weighted by molar-refractivity contribution is 7.09. The average molecular weight is 303 g/mol. The highest BCUT2D eigenvalue weighted by atomic mass is 32.1. The van der Waals surface area contributed by atoms with Crippen molar-refractivity contribution in [2.75, 3.05) is 4.90 Å². The smallest absolute Gasteiger partial charge is 0.232 e. The van der Waals surface area contributed by atoms with Crippen LogP contribution in [0.25, 0.3) is 11.4 Å². The summed E-state index contributed by atoms with van der Waals surface area (Å²) in [5.41, 5.74) is 12.4. The molecule has 110 valence electrons. The average Bonchev–Trinajstić information content (AvgIpc) is 2.87. The molecule has 0 bridgehead atoms. The standard InChI is InChI=1S/C13H17N7S/c1-8(2)20(7-14)10-5-3-9(4-6-10)11-17-13(21-19-11)18-12(15)16/h3-8,14H,1-2H3,(H4,15,16,17,18,19). The molecule has 7 nitrogen and oxygen atoms in total. The van der Waals surface area contributed by atoms with E-state index in [4.69, 9.17) is 16.9 Å². The van der Waals surface area contributed by atoms with Crippen LogP contribution in [0, 0.1) is 5.41 Å². The number of aromatic nitrogens is 2. The van der Waals surface area contributed by atoms with E-state index in [1.165, 1.54) is 6.34 Å². The maximum Gasteiger partial charge on any atom is 0.232 e. The predicted octanol–water partition coefficient (Wildman–Crippen LogP) is 1.93. The molecule has 5 N–H and O–H groups in total. The van der Waals surface area contributed by atoms with Crippen molar-refractivity contribution in [1.82, 2.24) is 9.36 Å². The molecule has 2 aromatic rings. The van der Waals surface area contributed by atoms with E-state index in [0.29, 0.717) is 11.0 Å². The molecule has 21 heavy (non-hydrogen) atoms. The maximum atomic E-state index is 7.45. The number of guanidine groups is 1. The molecular weight excluding hydrogens is 286 g/mol. The van der Waals surface area contributed by atoms with Crippen LogP contribution in [-0.2, 0) is 0 Å². The Balaban J connectivity index is 2.24. The summed E-state index contributed by atoms with van der Waals surface area (Å²) in [6, 6.07) is 7.91. The Kier molecular flexibility index (Phi) is 4.49. The molecule has 2 rings (SSSR count). The zero-order valence-electron chi connectivity index (χ0n) is 11.8. The molecule has 8 heteroatoms. The number of hydrogen-bond acceptors (Lipinski definition) is 5. The first-order valence-corrected chi connectivity index (χ1v) is 7.11. The fourth-order valence-electron chi connectivity index (χ4n) is 1.79. The minimum absolute atomic E-state index is 0.0355. The lowest BCUT2D eigenvalue weighted by Gasteiger charge is -2.23. The fourth-order valence-corrected chi connectivity index (χ4v) is 2.38. The summed E-state index contributed by atoms with van der Waals surface area (Å²) in [7, 11) is 0. The van der Waals surface area contributed by atoms with Crippen molar-refractivity contribution in [2.24, 2.45) is 16.5 Å². The van der Waals surface area contributed by atoms with Gasteiger partial charge in [-0.3, -0.25) is 5.41 Å². The van der Waals surface area contributed by atoms with Gasteiger partial charge in [0, 0.05) is 28.8 Å². The molecule has 1 aromatic carbocycles. The zero-order chi connectivity index (χ0) is 15.4. The van der Waals surface area contributed by atoms with Gasteiger partial charge in [-0.2, -0.15) is 14.3 Å². The summed E-state index contributed by atoms with van der Waals surface area (Å²) in [5, 5.41) is 7.88. The molecule has 0 aliphatic heterocycles. The molecule has 0 unspecified atom stereocenters. The topological polar surface area (TPSA) is 117 Å². The lowest BCUT2D eigenvalue weighted by molar-refractivity contribution is 0.813. The summed E-state index contributed by atoms with van der Waals surface area (Å²) in [6.45, 7) is 4.06. The maximum absolute atomic E-state index is 7.45. The third kappa shape index (κ3) is 3.54. The molecule has 0 amide bonds. The Hall–Kier alpha value is -2.48. The molecular formula is C13H17N7S. The van der Waals surface area contributed by atoms with Crippen molar-refractivity contribution in [3.8, 4) is 11.4 Å². The lowest BCUT2D eigenvalue weighted by Crippen LogP contribution is -2.28. The quantitative estimate of drug-likeness (QED) is 0.576. The van der Waals surface area contributed by atoms with Crippen molar-refractivity contribution >= 4 is 34.6 Å². The van der Waals surface area contributed by atoms with Gasteiger partial charge in [0.1, 0.15) is 0 Å². The number of nitrogens with two attached hydrogens (primary N) is 2. The van der Waals surface area contributed by atoms with Gasteiger partial charge < -0.3 is 16.4 Å². The monoisotopic (exact) mass is 303 g/mol. The lowest BCUT2D eigenvalue weighted by atomic mass is 10.1. The van der Waals surface area contributed by atoms with Crippen LogP contribution in [0.3, 0.4) is 0 Å². The van der Waals surface area contributed by atoms with Gasteiger partial charge >= 0.3 is 0 Å². The van der Waals surface area contributed by atoms with Crippen molar-refractivity contribution in [3.05, 3.63) is 24.3 Å². The second kappa shape index (κ2) is 6.31. The van der Waals surface area contributed by atoms with E-state index in [1.54, 1.807) is 0 Å². The van der Waals surface area contributed by atoms with E-state index in [-0.39, 0.29) is 12.0 Å². The zero-order valence-corrected chi connectivity index (χ0v) is 12.6. The molecule has 1 heterocycles. The van der Waals surface area contributed by atoms with Gasteiger partial charge in [0.15, 0.2) is 11.8 Å². The first-order chi connectivity index (χ1) is 10.0. The van der Waals surface area contributed by atoms with E-state index in [1.807, 2.05) is 43.0 Å². The second-order valence-corrected chi connectivity index (χ2v) is 5.34. The van der Waals surface area contributed by atoms with Gasteiger partial charge in [0.2, 0.25) is 5.13 Å². The van der Waals surface area contributed by atoms with Crippen LogP contribution in [0.4, 0.5) is 10.8 Å². The van der Waals surface area contributed by atoms with Crippen LogP contribution in [0.5, 0.6) is 0 Å². The van der Waals surface area contributed by atoms with Crippen LogP contribution in [0.2, 0.25) is 0 Å². The first kappa shape index (κ1) is 14.9. The van der Waals surface area contributed by atoms with Gasteiger partial charge in [-0.1, -0.05) is 0 Å². The number of rotatable bonds is 5. The molecule has 0 aliphatic carbocycles. The first-order valence-electron chi connectivity index (χ1n) is 6.34. The van der Waals surface area contributed by atoms with Crippen molar-refractivity contribution < 1.29 is 0 Å². The Morgan fingerprint density at radius 2 is 2.00 bits per heavy atom. The van der Waals surface area contributed by atoms with Gasteiger partial charge in [0.25, 0.3) is 0 Å². The van der Waals surface area contributed by atoms with Crippen LogP contribution in [0.1, 0.15) is 13.8 Å². The number of benzene rings is 1. The van der Waals surface area contributed by atoms with E-state index >= 15 is 0 Å². The SMILES string of the molecule is CC(C)N(C=N)c1ccc(-c2nsc(N=C(N)N)n2)cc1. The van der Waals surface area contributed by atoms with Gasteiger partial charge in [-0.15, -0.1) is 0 Å². The molecule has 0 spiro atoms. The van der Waals surface area contributed by atoms with E-state index in [0.717, 1.165) is 22.8 Å². The van der Waals surface area contributed by atoms with Crippen molar-refractivity contribution in [3.63, 3.8) is 0 Å².